The molecule has 0 fully saturated rings. The normalized spacial score (nSPS) is 11.7. The molecular weight excluding hydrogens is 315 g/mol. The topological polar surface area (TPSA) is 9.23 Å². The highest BCUT2D eigenvalue weighted by atomic mass is 127. The highest BCUT2D eigenvalue weighted by Crippen LogP contribution is 2.28. The zero-order valence-electron chi connectivity index (χ0n) is 9.93. The molecule has 1 aromatic rings. The van der Waals surface area contributed by atoms with Crippen LogP contribution in [-0.2, 0) is 6.42 Å². The maximum absolute atomic E-state index is 5.92. The van der Waals surface area contributed by atoms with Gasteiger partial charge in [-0.1, -0.05) is 18.2 Å². The third kappa shape index (κ3) is 4.15. The summed E-state index contributed by atoms with van der Waals surface area (Å²) in [5.74, 6) is 1.02. The molecule has 0 spiro atoms. The van der Waals surface area contributed by atoms with Crippen molar-refractivity contribution in [3.05, 3.63) is 27.3 Å². The van der Waals surface area contributed by atoms with Gasteiger partial charge in [0.05, 0.1) is 3.57 Å². The Morgan fingerprint density at radius 2 is 2.00 bits per heavy atom. The Hall–Kier alpha value is -0.0331. The number of rotatable bonds is 3. The smallest absolute Gasteiger partial charge is 0.133 e. The highest BCUT2D eigenvalue weighted by molar-refractivity contribution is 14.1. The van der Waals surface area contributed by atoms with Crippen LogP contribution in [0.4, 0.5) is 0 Å². The van der Waals surface area contributed by atoms with Gasteiger partial charge in [0.2, 0.25) is 0 Å². The van der Waals surface area contributed by atoms with E-state index in [0.717, 1.165) is 5.75 Å². The minimum Gasteiger partial charge on any atom is -0.487 e. The van der Waals surface area contributed by atoms with Crippen LogP contribution in [0.25, 0.3) is 0 Å². The van der Waals surface area contributed by atoms with E-state index in [1.807, 2.05) is 0 Å². The van der Waals surface area contributed by atoms with Gasteiger partial charge in [-0.2, -0.15) is 0 Å². The molecule has 0 amide bonds. The predicted molar refractivity (Wildman–Crippen MR) is 78.0 cm³/mol. The molecule has 1 rings (SSSR count). The standard InChI is InChI=1S/C12H19IOSi/c1-12(2,3)14-10-6-4-5-9(7-8-15)11(10)13/h4-6H,7-8H2,1-3,15H3. The van der Waals surface area contributed by atoms with E-state index in [9.17, 15) is 0 Å². The fourth-order valence-electron chi connectivity index (χ4n) is 1.43. The molecular formula is C12H19IOSi. The van der Waals surface area contributed by atoms with Crippen LogP contribution in [-0.4, -0.2) is 15.8 Å². The molecule has 1 aromatic carbocycles. The van der Waals surface area contributed by atoms with Gasteiger partial charge in [-0.15, -0.1) is 0 Å². The second kappa shape index (κ2) is 5.34. The van der Waals surface area contributed by atoms with Crippen LogP contribution < -0.4 is 4.74 Å². The molecule has 0 aliphatic heterocycles. The fourth-order valence-corrected chi connectivity index (χ4v) is 2.71. The molecule has 0 atom stereocenters. The van der Waals surface area contributed by atoms with E-state index in [-0.39, 0.29) is 5.60 Å². The summed E-state index contributed by atoms with van der Waals surface area (Å²) < 4.78 is 7.20. The van der Waals surface area contributed by atoms with Crippen molar-refractivity contribution in [2.45, 2.75) is 38.8 Å². The van der Waals surface area contributed by atoms with Crippen molar-refractivity contribution in [3.8, 4) is 5.75 Å². The Morgan fingerprint density at radius 3 is 2.53 bits per heavy atom. The first-order valence-electron chi connectivity index (χ1n) is 5.40. The van der Waals surface area contributed by atoms with Crippen molar-refractivity contribution < 1.29 is 4.74 Å². The first-order valence-corrected chi connectivity index (χ1v) is 7.89. The molecule has 0 aliphatic carbocycles. The van der Waals surface area contributed by atoms with E-state index >= 15 is 0 Å². The summed E-state index contributed by atoms with van der Waals surface area (Å²) in [6.07, 6.45) is 1.19. The van der Waals surface area contributed by atoms with Crippen molar-refractivity contribution in [2.75, 3.05) is 0 Å². The van der Waals surface area contributed by atoms with Crippen LogP contribution >= 0.6 is 22.6 Å². The number of hydrogen-bond acceptors (Lipinski definition) is 1. The molecule has 0 aromatic heterocycles. The largest absolute Gasteiger partial charge is 0.487 e. The van der Waals surface area contributed by atoms with Crippen molar-refractivity contribution in [3.63, 3.8) is 0 Å². The Balaban J connectivity index is 2.94. The number of aryl methyl sites for hydroxylation is 1. The summed E-state index contributed by atoms with van der Waals surface area (Å²) >= 11 is 2.39. The van der Waals surface area contributed by atoms with Gasteiger partial charge in [-0.3, -0.25) is 0 Å². The molecule has 15 heavy (non-hydrogen) atoms. The molecule has 3 heteroatoms. The van der Waals surface area contributed by atoms with Gasteiger partial charge in [0.1, 0.15) is 11.4 Å². The summed E-state index contributed by atoms with van der Waals surface area (Å²) in [4.78, 5) is 0. The average molecular weight is 334 g/mol. The molecule has 0 bridgehead atoms. The SMILES string of the molecule is CC(C)(C)Oc1cccc(CC[SiH3])c1I. The average Bonchev–Trinajstić information content (AvgIpc) is 2.10. The third-order valence-electron chi connectivity index (χ3n) is 1.98. The van der Waals surface area contributed by atoms with Crippen molar-refractivity contribution in [1.82, 2.24) is 0 Å². The summed E-state index contributed by atoms with van der Waals surface area (Å²) in [6.45, 7) is 6.26. The maximum Gasteiger partial charge on any atom is 0.133 e. The summed E-state index contributed by atoms with van der Waals surface area (Å²) in [6, 6.07) is 7.67. The van der Waals surface area contributed by atoms with Crippen LogP contribution in [0.2, 0.25) is 6.04 Å². The Kier molecular flexibility index (Phi) is 4.64. The highest BCUT2D eigenvalue weighted by Gasteiger charge is 2.14. The molecule has 0 aliphatic rings. The second-order valence-electron chi connectivity index (χ2n) is 4.69. The second-order valence-corrected chi connectivity index (χ2v) is 6.77. The number of hydrogen-bond donors (Lipinski definition) is 0. The van der Waals surface area contributed by atoms with E-state index in [1.165, 1.54) is 31.8 Å². The van der Waals surface area contributed by atoms with Gasteiger partial charge < -0.3 is 4.74 Å². The summed E-state index contributed by atoms with van der Waals surface area (Å²) in [5.41, 5.74) is 1.31. The number of benzene rings is 1. The lowest BCUT2D eigenvalue weighted by molar-refractivity contribution is 0.129. The lowest BCUT2D eigenvalue weighted by atomic mass is 10.1. The van der Waals surface area contributed by atoms with E-state index < -0.39 is 0 Å². The minimum absolute atomic E-state index is 0.112. The molecule has 1 nitrogen and oxygen atoms in total. The Bertz CT molecular complexity index is 331. The zero-order valence-corrected chi connectivity index (χ0v) is 14.1. The van der Waals surface area contributed by atoms with Gasteiger partial charge in [-0.05, 0) is 61.4 Å². The predicted octanol–water partition coefficient (Wildman–Crippen LogP) is 2.79. The number of halogens is 1. The van der Waals surface area contributed by atoms with Gasteiger partial charge in [0.15, 0.2) is 0 Å². The van der Waals surface area contributed by atoms with Crippen molar-refractivity contribution >= 4 is 32.8 Å². The van der Waals surface area contributed by atoms with Crippen LogP contribution in [0.1, 0.15) is 26.3 Å². The van der Waals surface area contributed by atoms with Gasteiger partial charge in [-0.25, -0.2) is 0 Å². The summed E-state index contributed by atoms with van der Waals surface area (Å²) in [5, 5.41) is 0. The first-order chi connectivity index (χ1) is 6.94. The quantitative estimate of drug-likeness (QED) is 0.610. The van der Waals surface area contributed by atoms with E-state index in [0.29, 0.717) is 0 Å². The van der Waals surface area contributed by atoms with E-state index in [1.54, 1.807) is 0 Å². The van der Waals surface area contributed by atoms with Crippen LogP contribution in [0.15, 0.2) is 18.2 Å². The van der Waals surface area contributed by atoms with Crippen LogP contribution in [0, 0.1) is 3.57 Å². The van der Waals surface area contributed by atoms with Crippen LogP contribution in [0.5, 0.6) is 5.75 Å². The minimum atomic E-state index is -0.112. The molecule has 0 unspecified atom stereocenters. The molecule has 0 N–H and O–H groups in total. The van der Waals surface area contributed by atoms with Gasteiger partial charge >= 0.3 is 0 Å². The first kappa shape index (κ1) is 13.0. The maximum atomic E-state index is 5.92. The van der Waals surface area contributed by atoms with Gasteiger partial charge in [0.25, 0.3) is 0 Å². The third-order valence-corrected chi connectivity index (χ3v) is 3.70. The van der Waals surface area contributed by atoms with Crippen molar-refractivity contribution in [1.29, 1.82) is 0 Å². The van der Waals surface area contributed by atoms with Crippen LogP contribution in [0.3, 0.4) is 0 Å². The molecule has 84 valence electrons. The molecule has 0 saturated carbocycles. The number of ether oxygens (including phenoxy) is 1. The van der Waals surface area contributed by atoms with Crippen molar-refractivity contribution in [2.24, 2.45) is 0 Å². The van der Waals surface area contributed by atoms with E-state index in [2.05, 4.69) is 61.6 Å². The monoisotopic (exact) mass is 334 g/mol. The zero-order chi connectivity index (χ0) is 11.5. The summed E-state index contributed by atoms with van der Waals surface area (Å²) in [7, 11) is 1.27. The lowest BCUT2D eigenvalue weighted by Gasteiger charge is -2.23. The van der Waals surface area contributed by atoms with Gasteiger partial charge in [0, 0.05) is 10.2 Å². The molecule has 0 heterocycles. The molecule has 0 saturated heterocycles. The Morgan fingerprint density at radius 1 is 1.33 bits per heavy atom. The molecule has 0 radical (unpaired) electrons. The van der Waals surface area contributed by atoms with E-state index in [4.69, 9.17) is 4.74 Å². The lowest BCUT2D eigenvalue weighted by Crippen LogP contribution is -2.23. The Labute approximate surface area is 109 Å². The fraction of sp³-hybridized carbons (Fsp3) is 0.500.